The number of hydrogen-bond donors (Lipinski definition) is 2. The Bertz CT molecular complexity index is 1010. The van der Waals surface area contributed by atoms with E-state index in [1.54, 1.807) is 17.0 Å². The highest BCUT2D eigenvalue weighted by atomic mass is 35.5. The Hall–Kier alpha value is -2.36. The van der Waals surface area contributed by atoms with E-state index in [2.05, 4.69) is 0 Å². The number of amides is 1. The van der Waals surface area contributed by atoms with Crippen molar-refractivity contribution >= 4 is 39.7 Å². The minimum absolute atomic E-state index is 0. The van der Waals surface area contributed by atoms with Crippen LogP contribution in [0.4, 0.5) is 15.8 Å². The van der Waals surface area contributed by atoms with Crippen molar-refractivity contribution in [3.63, 3.8) is 0 Å². The summed E-state index contributed by atoms with van der Waals surface area (Å²) < 4.78 is 42.5. The molecule has 0 aliphatic carbocycles. The molecule has 2 aromatic carbocycles. The molecule has 3 rings (SSSR count). The fourth-order valence-electron chi connectivity index (χ4n) is 3.31. The van der Waals surface area contributed by atoms with E-state index < -0.39 is 26.5 Å². The number of carbonyl (C=O) groups is 1. The molecule has 0 atom stereocenters. The fourth-order valence-corrected chi connectivity index (χ4v) is 4.07. The van der Waals surface area contributed by atoms with Crippen LogP contribution in [0.25, 0.3) is 0 Å². The number of anilines is 2. The van der Waals surface area contributed by atoms with Gasteiger partial charge in [-0.1, -0.05) is 6.07 Å². The molecule has 4 N–H and O–H groups in total. The maximum absolute atomic E-state index is 14.2. The zero-order valence-electron chi connectivity index (χ0n) is 15.1. The number of fused-ring (bicyclic) bond motifs is 1. The van der Waals surface area contributed by atoms with Gasteiger partial charge in [0.2, 0.25) is 15.9 Å². The van der Waals surface area contributed by atoms with Crippen molar-refractivity contribution in [2.75, 3.05) is 24.3 Å². The van der Waals surface area contributed by atoms with E-state index in [1.165, 1.54) is 6.07 Å². The Balaban J connectivity index is 0.00000280. The van der Waals surface area contributed by atoms with Gasteiger partial charge < -0.3 is 15.4 Å². The van der Waals surface area contributed by atoms with Crippen molar-refractivity contribution < 1.29 is 22.3 Å². The highest BCUT2D eigenvalue weighted by Crippen LogP contribution is 2.32. The molecular weight excluding hydrogens is 409 g/mol. The molecule has 0 radical (unpaired) electrons. The van der Waals surface area contributed by atoms with Crippen LogP contribution in [0.2, 0.25) is 0 Å². The maximum Gasteiger partial charge on any atom is 0.241 e. The predicted octanol–water partition coefficient (Wildman–Crippen LogP) is 2.01. The van der Waals surface area contributed by atoms with E-state index in [0.29, 0.717) is 12.2 Å². The normalized spacial score (nSPS) is 13.5. The summed E-state index contributed by atoms with van der Waals surface area (Å²) in [7, 11) is -3.07. The summed E-state index contributed by atoms with van der Waals surface area (Å²) in [6.45, 7) is 0.510. The van der Waals surface area contributed by atoms with E-state index in [1.807, 2.05) is 6.07 Å². The first-order valence-electron chi connectivity index (χ1n) is 8.29. The molecular formula is C18H21ClFN3O4S. The summed E-state index contributed by atoms with van der Waals surface area (Å²) in [4.78, 5) is 13.9. The monoisotopic (exact) mass is 429 g/mol. The maximum atomic E-state index is 14.2. The number of benzene rings is 2. The number of primary sulfonamides is 1. The third-order valence-electron chi connectivity index (χ3n) is 4.52. The van der Waals surface area contributed by atoms with Gasteiger partial charge in [-0.2, -0.15) is 0 Å². The molecule has 2 aromatic rings. The summed E-state index contributed by atoms with van der Waals surface area (Å²) >= 11 is 0. The first kappa shape index (κ1) is 21.9. The molecule has 1 aliphatic heterocycles. The summed E-state index contributed by atoms with van der Waals surface area (Å²) in [5.74, 6) is -1.65. The van der Waals surface area contributed by atoms with Crippen molar-refractivity contribution in [1.82, 2.24) is 0 Å². The minimum Gasteiger partial charge on any atom is -0.492 e. The fraction of sp³-hybridized carbons (Fsp3) is 0.278. The summed E-state index contributed by atoms with van der Waals surface area (Å²) in [6.07, 6.45) is 1.35. The average molecular weight is 430 g/mol. The number of ether oxygens (including phenoxy) is 1. The number of sulfonamides is 1. The van der Waals surface area contributed by atoms with Crippen LogP contribution in [0.1, 0.15) is 17.5 Å². The van der Waals surface area contributed by atoms with Crippen LogP contribution in [0.15, 0.2) is 35.2 Å². The number of halogens is 2. The smallest absolute Gasteiger partial charge is 0.241 e. The summed E-state index contributed by atoms with van der Waals surface area (Å²) in [5.41, 5.74) is 8.44. The number of nitrogens with zero attached hydrogens (tertiary/aromatic N) is 1. The number of rotatable bonds is 4. The van der Waals surface area contributed by atoms with Crippen molar-refractivity contribution in [2.45, 2.75) is 24.2 Å². The van der Waals surface area contributed by atoms with Crippen molar-refractivity contribution in [2.24, 2.45) is 5.14 Å². The van der Waals surface area contributed by atoms with Crippen LogP contribution >= 0.6 is 12.4 Å². The van der Waals surface area contributed by atoms with Crippen molar-refractivity contribution in [1.29, 1.82) is 0 Å². The van der Waals surface area contributed by atoms with Gasteiger partial charge in [-0.05, 0) is 48.2 Å². The molecule has 1 amide bonds. The summed E-state index contributed by atoms with van der Waals surface area (Å²) in [5, 5.41) is 5.14. The lowest BCUT2D eigenvalue weighted by Crippen LogP contribution is -2.36. The van der Waals surface area contributed by atoms with E-state index in [-0.39, 0.29) is 30.3 Å². The Kier molecular flexibility index (Phi) is 6.53. The van der Waals surface area contributed by atoms with Crippen LogP contribution in [0, 0.1) is 5.82 Å². The molecule has 0 aromatic heterocycles. The highest BCUT2D eigenvalue weighted by Gasteiger charge is 2.26. The molecule has 0 spiro atoms. The van der Waals surface area contributed by atoms with Crippen LogP contribution in [0.5, 0.6) is 5.75 Å². The van der Waals surface area contributed by atoms with Gasteiger partial charge in [0.05, 0.1) is 13.5 Å². The van der Waals surface area contributed by atoms with Gasteiger partial charge >= 0.3 is 0 Å². The number of carbonyl (C=O) groups excluding carboxylic acids is 1. The van der Waals surface area contributed by atoms with E-state index in [9.17, 15) is 17.6 Å². The third-order valence-corrected chi connectivity index (χ3v) is 5.44. The van der Waals surface area contributed by atoms with E-state index >= 15 is 0 Å². The van der Waals surface area contributed by atoms with Crippen LogP contribution < -0.4 is 20.5 Å². The quantitative estimate of drug-likeness (QED) is 0.721. The molecule has 10 heteroatoms. The molecule has 28 heavy (non-hydrogen) atoms. The molecule has 152 valence electrons. The number of nitrogen functional groups attached to an aromatic ring is 1. The zero-order chi connectivity index (χ0) is 19.8. The molecule has 0 unspecified atom stereocenters. The minimum atomic E-state index is -4.21. The third kappa shape index (κ3) is 4.21. The Morgan fingerprint density at radius 1 is 1.32 bits per heavy atom. The molecule has 0 fully saturated rings. The molecule has 1 aliphatic rings. The zero-order valence-corrected chi connectivity index (χ0v) is 16.8. The van der Waals surface area contributed by atoms with Gasteiger partial charge in [-0.25, -0.2) is 17.9 Å². The number of hydrogen-bond acceptors (Lipinski definition) is 5. The Morgan fingerprint density at radius 3 is 2.68 bits per heavy atom. The van der Waals surface area contributed by atoms with E-state index in [0.717, 1.165) is 37.3 Å². The molecule has 0 saturated carbocycles. The lowest BCUT2D eigenvalue weighted by atomic mass is 9.99. The predicted molar refractivity (Wildman–Crippen MR) is 107 cm³/mol. The van der Waals surface area contributed by atoms with Crippen molar-refractivity contribution in [3.8, 4) is 5.75 Å². The standard InChI is InChI=1S/C18H20FN3O4S.ClH/c1-26-18-13(19)8-11(9-16(18)27(21,24)25)10-17(23)22-7-3-4-12-14(20)5-2-6-15(12)22;/h2,5-6,8-9H,3-4,7,10,20H2,1H3,(H2,21,24,25);1H. The van der Waals surface area contributed by atoms with Crippen LogP contribution in [-0.2, 0) is 27.7 Å². The molecule has 0 bridgehead atoms. The van der Waals surface area contributed by atoms with Crippen LogP contribution in [-0.4, -0.2) is 28.0 Å². The van der Waals surface area contributed by atoms with Gasteiger partial charge in [0.15, 0.2) is 11.6 Å². The highest BCUT2D eigenvalue weighted by molar-refractivity contribution is 7.89. The molecule has 1 heterocycles. The molecule has 0 saturated heterocycles. The molecule has 7 nitrogen and oxygen atoms in total. The first-order chi connectivity index (χ1) is 12.7. The topological polar surface area (TPSA) is 116 Å². The van der Waals surface area contributed by atoms with Crippen molar-refractivity contribution in [3.05, 3.63) is 47.3 Å². The number of methoxy groups -OCH3 is 1. The second kappa shape index (κ2) is 8.34. The number of nitrogens with two attached hydrogens (primary N) is 2. The van der Waals surface area contributed by atoms with Gasteiger partial charge in [0.1, 0.15) is 4.90 Å². The first-order valence-corrected chi connectivity index (χ1v) is 9.84. The van der Waals surface area contributed by atoms with Gasteiger partial charge in [-0.3, -0.25) is 4.79 Å². The summed E-state index contributed by atoms with van der Waals surface area (Å²) in [6, 6.07) is 7.61. The SMILES string of the molecule is COc1c(F)cc(CC(=O)N2CCCc3c(N)cccc32)cc1S(N)(=O)=O.Cl. The van der Waals surface area contributed by atoms with Gasteiger partial charge in [-0.15, -0.1) is 12.4 Å². The van der Waals surface area contributed by atoms with E-state index in [4.69, 9.17) is 15.6 Å². The lowest BCUT2D eigenvalue weighted by Gasteiger charge is -2.30. The Labute approximate surface area is 168 Å². The largest absolute Gasteiger partial charge is 0.492 e. The second-order valence-electron chi connectivity index (χ2n) is 6.32. The Morgan fingerprint density at radius 2 is 2.04 bits per heavy atom. The lowest BCUT2D eigenvalue weighted by molar-refractivity contribution is -0.118. The van der Waals surface area contributed by atoms with Crippen LogP contribution in [0.3, 0.4) is 0 Å². The van der Waals surface area contributed by atoms with Gasteiger partial charge in [0.25, 0.3) is 0 Å². The average Bonchev–Trinajstić information content (AvgIpc) is 2.60. The van der Waals surface area contributed by atoms with Gasteiger partial charge in [0, 0.05) is 17.9 Å². The second-order valence-corrected chi connectivity index (χ2v) is 7.85.